The summed E-state index contributed by atoms with van der Waals surface area (Å²) in [6, 6.07) is 0. The van der Waals surface area contributed by atoms with E-state index in [2.05, 4.69) is 20.9 Å². The van der Waals surface area contributed by atoms with Gasteiger partial charge in [0.15, 0.2) is 0 Å². The van der Waals surface area contributed by atoms with Gasteiger partial charge in [0.2, 0.25) is 5.91 Å². The number of carbonyl (C=O) groups is 4. The van der Waals surface area contributed by atoms with Crippen LogP contribution in [0.2, 0.25) is 0 Å². The fourth-order valence-corrected chi connectivity index (χ4v) is 3.05. The van der Waals surface area contributed by atoms with E-state index in [4.69, 9.17) is 0 Å². The molecule has 3 N–H and O–H groups in total. The molecule has 0 saturated carbocycles. The highest BCUT2D eigenvalue weighted by Gasteiger charge is 2.29. The molecule has 23 heavy (non-hydrogen) atoms. The molecule has 2 saturated heterocycles. The minimum atomic E-state index is -0.753. The van der Waals surface area contributed by atoms with Crippen LogP contribution in [0.5, 0.6) is 0 Å². The van der Waals surface area contributed by atoms with Crippen LogP contribution in [0.15, 0.2) is 0 Å². The third-order valence-corrected chi connectivity index (χ3v) is 4.45. The van der Waals surface area contributed by atoms with Crippen LogP contribution in [0.25, 0.3) is 0 Å². The molecule has 2 heterocycles. The number of rotatable bonds is 6. The molecule has 0 aromatic rings. The average Bonchev–Trinajstić information content (AvgIpc) is 2.87. The van der Waals surface area contributed by atoms with Crippen LogP contribution in [0, 0.1) is 0 Å². The number of hydrogen-bond acceptors (Lipinski definition) is 7. The molecule has 4 amide bonds. The standard InChI is InChI=1S/C13H21N5O4S/c19-10-9-23-13(22)18(10)8-4-16-12(21)11(20)15-3-7-17-5-1-14-2-6-17/h14H,1-9H2,(H,15,20)(H,16,21). The maximum atomic E-state index is 11.6. The van der Waals surface area contributed by atoms with Gasteiger partial charge in [-0.25, -0.2) is 0 Å². The van der Waals surface area contributed by atoms with Crippen molar-refractivity contribution in [2.24, 2.45) is 0 Å². The van der Waals surface area contributed by atoms with Crippen molar-refractivity contribution in [1.82, 2.24) is 25.8 Å². The fraction of sp³-hybridized carbons (Fsp3) is 0.692. The Labute approximate surface area is 138 Å². The quantitative estimate of drug-likeness (QED) is 0.470. The van der Waals surface area contributed by atoms with Crippen molar-refractivity contribution in [3.8, 4) is 0 Å². The van der Waals surface area contributed by atoms with Crippen LogP contribution >= 0.6 is 11.8 Å². The summed E-state index contributed by atoms with van der Waals surface area (Å²) < 4.78 is 0. The first-order chi connectivity index (χ1) is 11.1. The molecule has 0 radical (unpaired) electrons. The summed E-state index contributed by atoms with van der Waals surface area (Å²) in [6.45, 7) is 4.99. The van der Waals surface area contributed by atoms with E-state index < -0.39 is 11.8 Å². The van der Waals surface area contributed by atoms with Crippen molar-refractivity contribution >= 4 is 34.7 Å². The Morgan fingerprint density at radius 2 is 1.65 bits per heavy atom. The summed E-state index contributed by atoms with van der Waals surface area (Å²) in [5, 5.41) is 7.89. The number of thioether (sulfide) groups is 1. The van der Waals surface area contributed by atoms with Gasteiger partial charge in [0.25, 0.3) is 5.24 Å². The Kier molecular flexibility index (Phi) is 6.81. The van der Waals surface area contributed by atoms with Gasteiger partial charge in [-0.1, -0.05) is 11.8 Å². The van der Waals surface area contributed by atoms with E-state index in [-0.39, 0.29) is 30.0 Å². The normalized spacial score (nSPS) is 19.0. The van der Waals surface area contributed by atoms with Crippen molar-refractivity contribution in [1.29, 1.82) is 0 Å². The monoisotopic (exact) mass is 343 g/mol. The van der Waals surface area contributed by atoms with Crippen LogP contribution in [0.1, 0.15) is 0 Å². The van der Waals surface area contributed by atoms with Crippen molar-refractivity contribution in [2.75, 3.05) is 58.1 Å². The third kappa shape index (κ3) is 5.48. The molecule has 128 valence electrons. The van der Waals surface area contributed by atoms with Crippen molar-refractivity contribution in [3.63, 3.8) is 0 Å². The number of nitrogens with one attached hydrogen (secondary N) is 3. The second-order valence-electron chi connectivity index (χ2n) is 5.20. The molecular formula is C13H21N5O4S. The van der Waals surface area contributed by atoms with Crippen LogP contribution < -0.4 is 16.0 Å². The first-order valence-electron chi connectivity index (χ1n) is 7.54. The SMILES string of the molecule is O=C(NCCN1CCNCC1)C(=O)NCCN1C(=O)CSC1=O. The summed E-state index contributed by atoms with van der Waals surface area (Å²) in [5.74, 6) is -1.58. The maximum Gasteiger partial charge on any atom is 0.309 e. The molecule has 2 fully saturated rings. The molecule has 2 rings (SSSR count). The van der Waals surface area contributed by atoms with Gasteiger partial charge in [-0.2, -0.15) is 0 Å². The molecule has 0 aliphatic carbocycles. The number of piperazine rings is 1. The number of nitrogens with zero attached hydrogens (tertiary/aromatic N) is 2. The smallest absolute Gasteiger partial charge is 0.309 e. The first-order valence-corrected chi connectivity index (χ1v) is 8.52. The maximum absolute atomic E-state index is 11.6. The molecule has 0 aromatic heterocycles. The second kappa shape index (κ2) is 8.85. The lowest BCUT2D eigenvalue weighted by atomic mass is 10.3. The second-order valence-corrected chi connectivity index (χ2v) is 6.13. The highest BCUT2D eigenvalue weighted by atomic mass is 32.2. The third-order valence-electron chi connectivity index (χ3n) is 3.59. The van der Waals surface area contributed by atoms with Gasteiger partial charge in [0, 0.05) is 52.4 Å². The van der Waals surface area contributed by atoms with Crippen LogP contribution in [-0.2, 0) is 14.4 Å². The highest BCUT2D eigenvalue weighted by molar-refractivity contribution is 8.14. The van der Waals surface area contributed by atoms with E-state index in [1.807, 2.05) is 0 Å². The van der Waals surface area contributed by atoms with Crippen molar-refractivity contribution < 1.29 is 19.2 Å². The molecule has 2 aliphatic rings. The molecule has 9 nitrogen and oxygen atoms in total. The lowest BCUT2D eigenvalue weighted by Crippen LogP contribution is -2.48. The molecule has 0 aromatic carbocycles. The minimum absolute atomic E-state index is 0.0715. The van der Waals surface area contributed by atoms with Gasteiger partial charge in [0.05, 0.1) is 5.75 Å². The Morgan fingerprint density at radius 3 is 2.22 bits per heavy atom. The van der Waals surface area contributed by atoms with E-state index in [9.17, 15) is 19.2 Å². The predicted octanol–water partition coefficient (Wildman–Crippen LogP) is -2.18. The molecule has 10 heteroatoms. The molecule has 0 unspecified atom stereocenters. The first kappa shape index (κ1) is 17.7. The fourth-order valence-electron chi connectivity index (χ4n) is 2.30. The molecule has 2 aliphatic heterocycles. The number of carbonyl (C=O) groups excluding carboxylic acids is 4. The lowest BCUT2D eigenvalue weighted by Gasteiger charge is -2.26. The Bertz CT molecular complexity index is 465. The lowest BCUT2D eigenvalue weighted by molar-refractivity contribution is -0.139. The zero-order valence-corrected chi connectivity index (χ0v) is 13.6. The summed E-state index contributed by atoms with van der Waals surface area (Å²) in [6.07, 6.45) is 0. The van der Waals surface area contributed by atoms with E-state index in [0.717, 1.165) is 42.8 Å². The summed E-state index contributed by atoms with van der Waals surface area (Å²) >= 11 is 0.940. The zero-order chi connectivity index (χ0) is 16.7. The van der Waals surface area contributed by atoms with Crippen LogP contribution in [0.4, 0.5) is 4.79 Å². The van der Waals surface area contributed by atoms with Gasteiger partial charge in [-0.3, -0.25) is 29.0 Å². The summed E-state index contributed by atoms with van der Waals surface area (Å²) in [4.78, 5) is 49.3. The molecule has 0 spiro atoms. The minimum Gasteiger partial charge on any atom is -0.347 e. The van der Waals surface area contributed by atoms with Crippen LogP contribution in [0.3, 0.4) is 0 Å². The number of imide groups is 1. The van der Waals surface area contributed by atoms with Gasteiger partial charge in [0.1, 0.15) is 0 Å². The molecular weight excluding hydrogens is 322 g/mol. The van der Waals surface area contributed by atoms with E-state index in [0.29, 0.717) is 13.1 Å². The highest BCUT2D eigenvalue weighted by Crippen LogP contribution is 2.17. The zero-order valence-electron chi connectivity index (χ0n) is 12.8. The van der Waals surface area contributed by atoms with Gasteiger partial charge in [-0.15, -0.1) is 0 Å². The predicted molar refractivity (Wildman–Crippen MR) is 84.9 cm³/mol. The molecule has 0 bridgehead atoms. The topological polar surface area (TPSA) is 111 Å². The Balaban J connectivity index is 1.58. The number of hydrogen-bond donors (Lipinski definition) is 3. The van der Waals surface area contributed by atoms with Crippen molar-refractivity contribution in [3.05, 3.63) is 0 Å². The Morgan fingerprint density at radius 1 is 1.04 bits per heavy atom. The largest absolute Gasteiger partial charge is 0.347 e. The average molecular weight is 343 g/mol. The van der Waals surface area contributed by atoms with E-state index in [1.165, 1.54) is 0 Å². The summed E-state index contributed by atoms with van der Waals surface area (Å²) in [5.41, 5.74) is 0. The van der Waals surface area contributed by atoms with Gasteiger partial charge in [-0.05, 0) is 0 Å². The van der Waals surface area contributed by atoms with Gasteiger partial charge < -0.3 is 16.0 Å². The van der Waals surface area contributed by atoms with Gasteiger partial charge >= 0.3 is 11.8 Å². The Hall–Kier alpha value is -1.65. The number of amides is 4. The van der Waals surface area contributed by atoms with Crippen molar-refractivity contribution in [2.45, 2.75) is 0 Å². The van der Waals surface area contributed by atoms with E-state index >= 15 is 0 Å². The van der Waals surface area contributed by atoms with Crippen LogP contribution in [-0.4, -0.2) is 90.9 Å². The van der Waals surface area contributed by atoms with E-state index in [1.54, 1.807) is 0 Å². The molecule has 0 atom stereocenters. The summed E-state index contributed by atoms with van der Waals surface area (Å²) in [7, 11) is 0.